The third-order valence-corrected chi connectivity index (χ3v) is 3.14. The molecule has 0 saturated carbocycles. The Bertz CT molecular complexity index is 800. The van der Waals surface area contributed by atoms with Gasteiger partial charge in [-0.1, -0.05) is 16.8 Å². The fraction of sp³-hybridized carbons (Fsp3) is 0.0769. The van der Waals surface area contributed by atoms with Crippen LogP contribution in [0.25, 0.3) is 16.6 Å². The molecule has 1 aromatic carbocycles. The quantitative estimate of drug-likeness (QED) is 0.798. The van der Waals surface area contributed by atoms with E-state index in [4.69, 9.17) is 16.7 Å². The van der Waals surface area contributed by atoms with Gasteiger partial charge >= 0.3 is 5.97 Å². The molecule has 20 heavy (non-hydrogen) atoms. The van der Waals surface area contributed by atoms with Crippen molar-refractivity contribution in [3.8, 4) is 5.69 Å². The molecule has 0 bridgehead atoms. The molecule has 0 radical (unpaired) electrons. The summed E-state index contributed by atoms with van der Waals surface area (Å²) in [6, 6.07) is 7.19. The van der Waals surface area contributed by atoms with Gasteiger partial charge in [0.05, 0.1) is 34.5 Å². The fourth-order valence-corrected chi connectivity index (χ4v) is 2.18. The van der Waals surface area contributed by atoms with E-state index in [-0.39, 0.29) is 6.42 Å². The molecule has 3 rings (SSSR count). The van der Waals surface area contributed by atoms with E-state index in [0.29, 0.717) is 21.9 Å². The lowest BCUT2D eigenvalue weighted by Crippen LogP contribution is -2.00. The van der Waals surface area contributed by atoms with Gasteiger partial charge in [-0.2, -0.15) is 0 Å². The van der Waals surface area contributed by atoms with Crippen LogP contribution in [0, 0.1) is 0 Å². The molecule has 0 saturated heterocycles. The zero-order valence-corrected chi connectivity index (χ0v) is 10.9. The first-order valence-electron chi connectivity index (χ1n) is 5.82. The van der Waals surface area contributed by atoms with E-state index in [9.17, 15) is 4.79 Å². The minimum Gasteiger partial charge on any atom is -0.481 e. The molecule has 6 nitrogen and oxygen atoms in total. The average Bonchev–Trinajstić information content (AvgIpc) is 2.87. The molecule has 2 aromatic heterocycles. The first-order valence-corrected chi connectivity index (χ1v) is 6.19. The third-order valence-electron chi connectivity index (χ3n) is 2.82. The lowest BCUT2D eigenvalue weighted by molar-refractivity contribution is -0.136. The average molecular weight is 289 g/mol. The number of carbonyl (C=O) groups is 1. The highest BCUT2D eigenvalue weighted by molar-refractivity contribution is 6.35. The number of benzene rings is 1. The molecule has 2 heterocycles. The largest absolute Gasteiger partial charge is 0.481 e. The Balaban J connectivity index is 2.13. The zero-order valence-electron chi connectivity index (χ0n) is 10.2. The van der Waals surface area contributed by atoms with E-state index >= 15 is 0 Å². The molecule has 0 amide bonds. The van der Waals surface area contributed by atoms with Gasteiger partial charge in [0.25, 0.3) is 0 Å². The lowest BCUT2D eigenvalue weighted by atomic mass is 10.2. The van der Waals surface area contributed by atoms with Gasteiger partial charge in [-0.15, -0.1) is 5.10 Å². The molecule has 0 aliphatic rings. The van der Waals surface area contributed by atoms with Crippen LogP contribution >= 0.6 is 11.6 Å². The van der Waals surface area contributed by atoms with Crippen molar-refractivity contribution in [2.75, 3.05) is 0 Å². The summed E-state index contributed by atoms with van der Waals surface area (Å²) >= 11 is 6.13. The molecule has 3 aromatic rings. The number of halogens is 1. The van der Waals surface area contributed by atoms with Crippen molar-refractivity contribution < 1.29 is 9.90 Å². The predicted octanol–water partition coefficient (Wildman–Crippen LogP) is 2.10. The molecule has 0 spiro atoms. The van der Waals surface area contributed by atoms with Crippen molar-refractivity contribution in [3.63, 3.8) is 0 Å². The number of carboxylic acid groups (broad SMARTS) is 1. The Morgan fingerprint density at radius 1 is 1.35 bits per heavy atom. The Labute approximate surface area is 118 Å². The maximum atomic E-state index is 10.7. The number of nitrogens with zero attached hydrogens (tertiary/aromatic N) is 4. The Morgan fingerprint density at radius 3 is 3.00 bits per heavy atom. The molecular formula is C13H9ClN4O2. The summed E-state index contributed by atoms with van der Waals surface area (Å²) in [4.78, 5) is 15.0. The summed E-state index contributed by atoms with van der Waals surface area (Å²) in [5.41, 5.74) is 1.78. The van der Waals surface area contributed by atoms with E-state index in [1.165, 1.54) is 4.68 Å². The van der Waals surface area contributed by atoms with Gasteiger partial charge in [0.1, 0.15) is 0 Å². The second kappa shape index (κ2) is 4.90. The second-order valence-electron chi connectivity index (χ2n) is 4.19. The maximum absolute atomic E-state index is 10.7. The highest BCUT2D eigenvalue weighted by Crippen LogP contribution is 2.26. The highest BCUT2D eigenvalue weighted by atomic mass is 35.5. The number of fused-ring (bicyclic) bond motifs is 1. The van der Waals surface area contributed by atoms with Gasteiger partial charge in [0.15, 0.2) is 0 Å². The topological polar surface area (TPSA) is 80.9 Å². The predicted molar refractivity (Wildman–Crippen MR) is 73.0 cm³/mol. The maximum Gasteiger partial charge on any atom is 0.309 e. The van der Waals surface area contributed by atoms with Gasteiger partial charge in [-0.05, 0) is 24.3 Å². The molecule has 0 fully saturated rings. The van der Waals surface area contributed by atoms with Crippen LogP contribution in [-0.2, 0) is 11.2 Å². The number of aliphatic carboxylic acids is 1. The SMILES string of the molecule is O=C(O)Cc1cn(-c2ccc(Cl)c3cccnc23)nn1. The standard InChI is InChI=1S/C13H9ClN4O2/c14-10-3-4-11(13-9(10)2-1-5-15-13)18-7-8(16-17-18)6-12(19)20/h1-5,7H,6H2,(H,19,20). The molecule has 7 heteroatoms. The highest BCUT2D eigenvalue weighted by Gasteiger charge is 2.11. The fourth-order valence-electron chi connectivity index (χ4n) is 1.96. The second-order valence-corrected chi connectivity index (χ2v) is 4.60. The number of rotatable bonds is 3. The summed E-state index contributed by atoms with van der Waals surface area (Å²) in [6.07, 6.45) is 3.07. The van der Waals surface area contributed by atoms with Crippen LogP contribution in [0.1, 0.15) is 5.69 Å². The van der Waals surface area contributed by atoms with Crippen LogP contribution in [0.5, 0.6) is 0 Å². The molecule has 0 aliphatic heterocycles. The van der Waals surface area contributed by atoms with Crippen molar-refractivity contribution in [1.29, 1.82) is 0 Å². The number of hydrogen-bond donors (Lipinski definition) is 1. The summed E-state index contributed by atoms with van der Waals surface area (Å²) in [7, 11) is 0. The molecule has 100 valence electrons. The molecule has 0 aliphatic carbocycles. The number of carboxylic acids is 1. The first-order chi connectivity index (χ1) is 9.65. The smallest absolute Gasteiger partial charge is 0.309 e. The summed E-state index contributed by atoms with van der Waals surface area (Å²) in [5, 5.41) is 17.9. The van der Waals surface area contributed by atoms with Crippen LogP contribution in [0.3, 0.4) is 0 Å². The Kier molecular flexibility index (Phi) is 3.08. The summed E-state index contributed by atoms with van der Waals surface area (Å²) in [5.74, 6) is -0.948. The van der Waals surface area contributed by atoms with Crippen molar-refractivity contribution in [2.24, 2.45) is 0 Å². The van der Waals surface area contributed by atoms with Crippen molar-refractivity contribution in [2.45, 2.75) is 6.42 Å². The normalized spacial score (nSPS) is 10.8. The van der Waals surface area contributed by atoms with Gasteiger partial charge < -0.3 is 5.11 Å². The van der Waals surface area contributed by atoms with E-state index in [2.05, 4.69) is 15.3 Å². The van der Waals surface area contributed by atoms with Gasteiger partial charge in [0, 0.05) is 11.6 Å². The Morgan fingerprint density at radius 2 is 2.20 bits per heavy atom. The van der Waals surface area contributed by atoms with Crippen LogP contribution in [-0.4, -0.2) is 31.1 Å². The van der Waals surface area contributed by atoms with Crippen molar-refractivity contribution in [3.05, 3.63) is 47.4 Å². The van der Waals surface area contributed by atoms with E-state index in [0.717, 1.165) is 5.39 Å². The van der Waals surface area contributed by atoms with Crippen molar-refractivity contribution in [1.82, 2.24) is 20.0 Å². The number of pyridine rings is 1. The number of hydrogen-bond acceptors (Lipinski definition) is 4. The first kappa shape index (κ1) is 12.6. The van der Waals surface area contributed by atoms with Gasteiger partial charge in [-0.3, -0.25) is 9.78 Å². The van der Waals surface area contributed by atoms with Crippen LogP contribution < -0.4 is 0 Å². The van der Waals surface area contributed by atoms with Crippen LogP contribution in [0.15, 0.2) is 36.7 Å². The molecule has 1 N–H and O–H groups in total. The summed E-state index contributed by atoms with van der Waals surface area (Å²) < 4.78 is 1.50. The van der Waals surface area contributed by atoms with Gasteiger partial charge in [-0.25, -0.2) is 4.68 Å². The molecule has 0 unspecified atom stereocenters. The van der Waals surface area contributed by atoms with E-state index in [1.54, 1.807) is 30.6 Å². The molecule has 0 atom stereocenters. The molecular weight excluding hydrogens is 280 g/mol. The minimum absolute atomic E-state index is 0.168. The number of aromatic nitrogens is 4. The Hall–Kier alpha value is -2.47. The minimum atomic E-state index is -0.948. The van der Waals surface area contributed by atoms with Crippen LogP contribution in [0.2, 0.25) is 5.02 Å². The summed E-state index contributed by atoms with van der Waals surface area (Å²) in [6.45, 7) is 0. The monoisotopic (exact) mass is 288 g/mol. The van der Waals surface area contributed by atoms with Crippen molar-refractivity contribution >= 4 is 28.5 Å². The third kappa shape index (κ3) is 2.21. The lowest BCUT2D eigenvalue weighted by Gasteiger charge is -2.05. The van der Waals surface area contributed by atoms with E-state index < -0.39 is 5.97 Å². The van der Waals surface area contributed by atoms with Gasteiger partial charge in [0.2, 0.25) is 0 Å². The van der Waals surface area contributed by atoms with E-state index in [1.807, 2.05) is 6.07 Å². The zero-order chi connectivity index (χ0) is 14.1. The van der Waals surface area contributed by atoms with Crippen LogP contribution in [0.4, 0.5) is 0 Å².